The molecular formula is C7H9F3N2O. The maximum absolute atomic E-state index is 12.4. The van der Waals surface area contributed by atoms with Gasteiger partial charge in [-0.25, -0.2) is 0 Å². The Balaban J connectivity index is 3.33. The van der Waals surface area contributed by atoms with Crippen LogP contribution in [0.25, 0.3) is 0 Å². The van der Waals surface area contributed by atoms with Gasteiger partial charge in [0, 0.05) is 7.05 Å². The lowest BCUT2D eigenvalue weighted by Crippen LogP contribution is -2.08. The summed E-state index contributed by atoms with van der Waals surface area (Å²) in [4.78, 5) is 0. The van der Waals surface area contributed by atoms with Gasteiger partial charge in [-0.2, -0.15) is 13.2 Å². The molecule has 0 saturated carbocycles. The van der Waals surface area contributed by atoms with Crippen molar-refractivity contribution in [3.05, 3.63) is 11.3 Å². The van der Waals surface area contributed by atoms with E-state index in [0.717, 1.165) is 11.8 Å². The Bertz CT molecular complexity index is 316. The standard InChI is InChI=1S/C7H9F3N2O/c1-4-5(7(8,9)10)6(13-3)11-12(4)2/h1-3H3. The first kappa shape index (κ1) is 9.88. The number of aryl methyl sites for hydroxylation is 1. The Morgan fingerprint density at radius 2 is 1.92 bits per heavy atom. The summed E-state index contributed by atoms with van der Waals surface area (Å²) in [5.41, 5.74) is -0.762. The highest BCUT2D eigenvalue weighted by molar-refractivity contribution is 5.33. The molecule has 13 heavy (non-hydrogen) atoms. The predicted octanol–water partition coefficient (Wildman–Crippen LogP) is 1.76. The van der Waals surface area contributed by atoms with E-state index in [1.807, 2.05) is 0 Å². The maximum atomic E-state index is 12.4. The summed E-state index contributed by atoms with van der Waals surface area (Å²) in [6.45, 7) is 1.35. The van der Waals surface area contributed by atoms with E-state index >= 15 is 0 Å². The second-order valence-electron chi connectivity index (χ2n) is 2.59. The van der Waals surface area contributed by atoms with Gasteiger partial charge in [0.05, 0.1) is 12.8 Å². The number of alkyl halides is 3. The van der Waals surface area contributed by atoms with Gasteiger partial charge in [0.25, 0.3) is 0 Å². The van der Waals surface area contributed by atoms with Gasteiger partial charge in [-0.15, -0.1) is 5.10 Å². The molecule has 0 atom stereocenters. The summed E-state index contributed by atoms with van der Waals surface area (Å²) < 4.78 is 42.8. The van der Waals surface area contributed by atoms with Crippen LogP contribution in [0.3, 0.4) is 0 Å². The second kappa shape index (κ2) is 2.93. The smallest absolute Gasteiger partial charge is 0.423 e. The Hall–Kier alpha value is -1.20. The minimum Gasteiger partial charge on any atom is -0.479 e. The van der Waals surface area contributed by atoms with E-state index in [2.05, 4.69) is 9.84 Å². The number of halogens is 3. The summed E-state index contributed by atoms with van der Waals surface area (Å²) in [6.07, 6.45) is -4.41. The average molecular weight is 194 g/mol. The van der Waals surface area contributed by atoms with E-state index in [9.17, 15) is 13.2 Å². The summed E-state index contributed by atoms with van der Waals surface area (Å²) in [7, 11) is 2.60. The third-order valence-corrected chi connectivity index (χ3v) is 1.78. The number of rotatable bonds is 1. The first-order valence-electron chi connectivity index (χ1n) is 3.52. The summed E-state index contributed by atoms with van der Waals surface area (Å²) in [6, 6.07) is 0. The fourth-order valence-corrected chi connectivity index (χ4v) is 1.05. The van der Waals surface area contributed by atoms with Gasteiger partial charge in [0.2, 0.25) is 5.88 Å². The molecule has 1 aromatic rings. The first-order valence-corrected chi connectivity index (χ1v) is 3.52. The molecule has 74 valence electrons. The molecular weight excluding hydrogens is 185 g/mol. The van der Waals surface area contributed by atoms with Crippen molar-refractivity contribution < 1.29 is 17.9 Å². The minimum absolute atomic E-state index is 0.0457. The number of ether oxygens (including phenoxy) is 1. The zero-order valence-corrected chi connectivity index (χ0v) is 7.44. The Morgan fingerprint density at radius 3 is 2.23 bits per heavy atom. The molecule has 0 aliphatic heterocycles. The quantitative estimate of drug-likeness (QED) is 0.681. The molecule has 0 spiro atoms. The lowest BCUT2D eigenvalue weighted by Gasteiger charge is -2.06. The zero-order valence-electron chi connectivity index (χ0n) is 7.44. The Morgan fingerprint density at radius 1 is 1.38 bits per heavy atom. The fourth-order valence-electron chi connectivity index (χ4n) is 1.05. The molecule has 0 aromatic carbocycles. The second-order valence-corrected chi connectivity index (χ2v) is 2.59. The lowest BCUT2D eigenvalue weighted by molar-refractivity contribution is -0.139. The SMILES string of the molecule is COc1nn(C)c(C)c1C(F)(F)F. The van der Waals surface area contributed by atoms with Crippen molar-refractivity contribution in [3.63, 3.8) is 0 Å². The van der Waals surface area contributed by atoms with Gasteiger partial charge in [-0.05, 0) is 6.92 Å². The van der Waals surface area contributed by atoms with E-state index in [0.29, 0.717) is 0 Å². The molecule has 0 saturated heterocycles. The molecule has 0 bridgehead atoms. The Kier molecular flexibility index (Phi) is 2.23. The van der Waals surface area contributed by atoms with Crippen molar-refractivity contribution in [2.45, 2.75) is 13.1 Å². The van der Waals surface area contributed by atoms with Crippen molar-refractivity contribution in [3.8, 4) is 5.88 Å². The molecule has 0 aliphatic rings. The number of nitrogens with zero attached hydrogens (tertiary/aromatic N) is 2. The van der Waals surface area contributed by atoms with Gasteiger partial charge in [0.1, 0.15) is 5.56 Å². The number of methoxy groups -OCH3 is 1. The van der Waals surface area contributed by atoms with Crippen molar-refractivity contribution in [2.24, 2.45) is 7.05 Å². The van der Waals surface area contributed by atoms with Crippen LogP contribution in [0, 0.1) is 6.92 Å². The van der Waals surface area contributed by atoms with Crippen molar-refractivity contribution in [2.75, 3.05) is 7.11 Å². The topological polar surface area (TPSA) is 27.1 Å². The zero-order chi connectivity index (χ0) is 10.2. The number of hydrogen-bond acceptors (Lipinski definition) is 2. The molecule has 0 unspecified atom stereocenters. The van der Waals surface area contributed by atoms with E-state index < -0.39 is 11.7 Å². The summed E-state index contributed by atoms with van der Waals surface area (Å²) in [5, 5.41) is 3.57. The van der Waals surface area contributed by atoms with Crippen LogP contribution in [0.15, 0.2) is 0 Å². The normalized spacial score (nSPS) is 11.8. The summed E-state index contributed by atoms with van der Waals surface area (Å²) in [5.74, 6) is -0.382. The van der Waals surface area contributed by atoms with Crippen LogP contribution in [-0.2, 0) is 13.2 Å². The average Bonchev–Trinajstić information content (AvgIpc) is 2.26. The molecule has 1 rings (SSSR count). The molecule has 6 heteroatoms. The highest BCUT2D eigenvalue weighted by Crippen LogP contribution is 2.37. The predicted molar refractivity (Wildman–Crippen MR) is 39.5 cm³/mol. The van der Waals surface area contributed by atoms with E-state index in [1.165, 1.54) is 14.0 Å². The van der Waals surface area contributed by atoms with Crippen LogP contribution in [0.4, 0.5) is 13.2 Å². The number of hydrogen-bond donors (Lipinski definition) is 0. The van der Waals surface area contributed by atoms with Gasteiger partial charge in [0.15, 0.2) is 0 Å². The van der Waals surface area contributed by atoms with E-state index in [4.69, 9.17) is 0 Å². The van der Waals surface area contributed by atoms with Crippen LogP contribution in [0.5, 0.6) is 5.88 Å². The highest BCUT2D eigenvalue weighted by atomic mass is 19.4. The molecule has 0 amide bonds. The molecule has 1 heterocycles. The van der Waals surface area contributed by atoms with Gasteiger partial charge < -0.3 is 4.74 Å². The van der Waals surface area contributed by atoms with Gasteiger partial charge >= 0.3 is 6.18 Å². The van der Waals surface area contributed by atoms with Crippen LogP contribution in [0.2, 0.25) is 0 Å². The van der Waals surface area contributed by atoms with Crippen LogP contribution < -0.4 is 4.74 Å². The first-order chi connectivity index (χ1) is 5.88. The van der Waals surface area contributed by atoms with E-state index in [1.54, 1.807) is 0 Å². The largest absolute Gasteiger partial charge is 0.479 e. The molecule has 0 N–H and O–H groups in total. The Labute approximate surface area is 73.1 Å². The van der Waals surface area contributed by atoms with Crippen molar-refractivity contribution in [1.82, 2.24) is 9.78 Å². The molecule has 0 aliphatic carbocycles. The maximum Gasteiger partial charge on any atom is 0.423 e. The fraction of sp³-hybridized carbons (Fsp3) is 0.571. The minimum atomic E-state index is -4.41. The van der Waals surface area contributed by atoms with Gasteiger partial charge in [-0.1, -0.05) is 0 Å². The lowest BCUT2D eigenvalue weighted by atomic mass is 10.2. The molecule has 3 nitrogen and oxygen atoms in total. The van der Waals surface area contributed by atoms with Crippen LogP contribution in [-0.4, -0.2) is 16.9 Å². The summed E-state index contributed by atoms with van der Waals surface area (Å²) >= 11 is 0. The molecule has 1 aromatic heterocycles. The number of aromatic nitrogens is 2. The third kappa shape index (κ3) is 1.61. The van der Waals surface area contributed by atoms with Crippen molar-refractivity contribution >= 4 is 0 Å². The third-order valence-electron chi connectivity index (χ3n) is 1.78. The van der Waals surface area contributed by atoms with Crippen LogP contribution >= 0.6 is 0 Å². The molecule has 0 radical (unpaired) electrons. The van der Waals surface area contributed by atoms with E-state index in [-0.39, 0.29) is 11.6 Å². The van der Waals surface area contributed by atoms with Gasteiger partial charge in [-0.3, -0.25) is 4.68 Å². The molecule has 0 fully saturated rings. The highest BCUT2D eigenvalue weighted by Gasteiger charge is 2.39. The van der Waals surface area contributed by atoms with Crippen LogP contribution in [0.1, 0.15) is 11.3 Å². The van der Waals surface area contributed by atoms with Crippen molar-refractivity contribution in [1.29, 1.82) is 0 Å². The monoisotopic (exact) mass is 194 g/mol.